The Kier molecular flexibility index (Phi) is 5.07. The van der Waals surface area contributed by atoms with E-state index in [1.54, 1.807) is 13.0 Å². The quantitative estimate of drug-likeness (QED) is 0.592. The van der Waals surface area contributed by atoms with Crippen molar-refractivity contribution in [2.45, 2.75) is 35.8 Å². The van der Waals surface area contributed by atoms with Crippen LogP contribution in [0.4, 0.5) is 4.79 Å². The van der Waals surface area contributed by atoms with Gasteiger partial charge in [-0.3, -0.25) is 10.1 Å². The molecule has 0 aliphatic carbocycles. The van der Waals surface area contributed by atoms with Gasteiger partial charge in [-0.05, 0) is 49.7 Å². The largest absolute Gasteiger partial charge is 0.489 e. The molecule has 2 heterocycles. The highest BCUT2D eigenvalue weighted by Gasteiger charge is 2.47. The fourth-order valence-corrected chi connectivity index (χ4v) is 4.14. The third kappa shape index (κ3) is 4.00. The molecule has 0 spiro atoms. The summed E-state index contributed by atoms with van der Waals surface area (Å²) in [5.74, 6) is 0.752. The van der Waals surface area contributed by atoms with Crippen LogP contribution < -0.4 is 15.4 Å². The Bertz CT molecular complexity index is 1060. The van der Waals surface area contributed by atoms with E-state index in [1.165, 1.54) is 23.6 Å². The van der Waals surface area contributed by atoms with E-state index in [-0.39, 0.29) is 0 Å². The standard InChI is InChI=1S/C22H20N2O4S/c1-14-4-3-5-15(12-14)13-28-16-6-8-17(9-7-16)29-18-10-11-27-19(18)22(2)20(25)23-21(26)24-22/h3-12H,13H2,1-2H3,(H2,23,24,25,26). The Balaban J connectivity index is 1.44. The molecule has 0 bridgehead atoms. The highest BCUT2D eigenvalue weighted by atomic mass is 32.2. The van der Waals surface area contributed by atoms with Gasteiger partial charge >= 0.3 is 6.03 Å². The lowest BCUT2D eigenvalue weighted by Gasteiger charge is -2.19. The number of hydrogen-bond acceptors (Lipinski definition) is 5. The predicted octanol–water partition coefficient (Wildman–Crippen LogP) is 4.37. The van der Waals surface area contributed by atoms with Crippen LogP contribution in [0.5, 0.6) is 5.75 Å². The number of imide groups is 1. The number of ether oxygens (including phenoxy) is 1. The first-order valence-corrected chi connectivity index (χ1v) is 9.93. The smallest absolute Gasteiger partial charge is 0.322 e. The second-order valence-electron chi connectivity index (χ2n) is 7.00. The van der Waals surface area contributed by atoms with Crippen molar-refractivity contribution in [2.75, 3.05) is 0 Å². The molecule has 0 saturated carbocycles. The van der Waals surface area contributed by atoms with E-state index in [0.717, 1.165) is 21.1 Å². The minimum atomic E-state index is -1.22. The summed E-state index contributed by atoms with van der Waals surface area (Å²) in [6, 6.07) is 17.2. The molecule has 1 aliphatic heterocycles. The molecule has 1 saturated heterocycles. The minimum Gasteiger partial charge on any atom is -0.489 e. The van der Waals surface area contributed by atoms with Crippen LogP contribution >= 0.6 is 11.8 Å². The number of furan rings is 1. The summed E-state index contributed by atoms with van der Waals surface area (Å²) in [7, 11) is 0. The van der Waals surface area contributed by atoms with Gasteiger partial charge in [0.05, 0.1) is 11.2 Å². The zero-order valence-corrected chi connectivity index (χ0v) is 16.8. The van der Waals surface area contributed by atoms with Crippen LogP contribution in [0, 0.1) is 6.92 Å². The van der Waals surface area contributed by atoms with Gasteiger partial charge in [0.25, 0.3) is 5.91 Å². The fraction of sp³-hybridized carbons (Fsp3) is 0.182. The van der Waals surface area contributed by atoms with E-state index in [9.17, 15) is 9.59 Å². The fourth-order valence-electron chi connectivity index (χ4n) is 3.14. The Morgan fingerprint density at radius 2 is 1.90 bits per heavy atom. The van der Waals surface area contributed by atoms with E-state index >= 15 is 0 Å². The molecular weight excluding hydrogens is 388 g/mol. The third-order valence-electron chi connectivity index (χ3n) is 4.67. The van der Waals surface area contributed by atoms with Crippen molar-refractivity contribution in [3.05, 3.63) is 77.7 Å². The molecule has 3 aromatic rings. The summed E-state index contributed by atoms with van der Waals surface area (Å²) in [5, 5.41) is 4.88. The molecular formula is C22H20N2O4S. The third-order valence-corrected chi connectivity index (χ3v) is 5.72. The molecule has 1 fully saturated rings. The van der Waals surface area contributed by atoms with E-state index in [0.29, 0.717) is 12.4 Å². The molecule has 7 heteroatoms. The van der Waals surface area contributed by atoms with Crippen LogP contribution in [0.25, 0.3) is 0 Å². The Morgan fingerprint density at radius 1 is 1.10 bits per heavy atom. The number of nitrogens with one attached hydrogen (secondary N) is 2. The highest BCUT2D eigenvalue weighted by Crippen LogP contribution is 2.38. The maximum Gasteiger partial charge on any atom is 0.322 e. The van der Waals surface area contributed by atoms with Crippen molar-refractivity contribution in [3.8, 4) is 5.75 Å². The van der Waals surface area contributed by atoms with E-state index in [2.05, 4.69) is 29.7 Å². The highest BCUT2D eigenvalue weighted by molar-refractivity contribution is 7.99. The normalized spacial score (nSPS) is 18.4. The van der Waals surface area contributed by atoms with Crippen molar-refractivity contribution in [1.29, 1.82) is 0 Å². The van der Waals surface area contributed by atoms with Crippen LogP contribution in [-0.2, 0) is 16.9 Å². The molecule has 1 aliphatic rings. The number of benzene rings is 2. The zero-order valence-electron chi connectivity index (χ0n) is 16.0. The molecule has 3 amide bonds. The SMILES string of the molecule is Cc1cccc(COc2ccc(Sc3ccoc3C3(C)NC(=O)NC3=O)cc2)c1. The first-order valence-electron chi connectivity index (χ1n) is 9.12. The molecule has 4 rings (SSSR count). The summed E-state index contributed by atoms with van der Waals surface area (Å²) in [6.07, 6.45) is 1.51. The van der Waals surface area contributed by atoms with Crippen molar-refractivity contribution in [3.63, 3.8) is 0 Å². The molecule has 1 atom stereocenters. The number of rotatable bonds is 6. The summed E-state index contributed by atoms with van der Waals surface area (Å²) in [5.41, 5.74) is 1.10. The predicted molar refractivity (Wildman–Crippen MR) is 109 cm³/mol. The Hall–Kier alpha value is -3.19. The molecule has 6 nitrogen and oxygen atoms in total. The first-order chi connectivity index (χ1) is 13.9. The molecule has 2 aromatic carbocycles. The summed E-state index contributed by atoms with van der Waals surface area (Å²) in [6.45, 7) is 4.19. The van der Waals surface area contributed by atoms with Gasteiger partial charge < -0.3 is 14.5 Å². The Labute approximate surface area is 172 Å². The number of urea groups is 1. The number of amides is 3. The molecule has 0 radical (unpaired) electrons. The monoisotopic (exact) mass is 408 g/mol. The van der Waals surface area contributed by atoms with Crippen molar-refractivity contribution in [1.82, 2.24) is 10.6 Å². The lowest BCUT2D eigenvalue weighted by molar-refractivity contribution is -0.124. The summed E-state index contributed by atoms with van der Waals surface area (Å²) >= 11 is 1.45. The maximum atomic E-state index is 12.2. The summed E-state index contributed by atoms with van der Waals surface area (Å²) in [4.78, 5) is 25.5. The van der Waals surface area contributed by atoms with Gasteiger partial charge in [-0.1, -0.05) is 41.6 Å². The number of carbonyl (C=O) groups is 2. The van der Waals surface area contributed by atoms with Crippen LogP contribution in [0.3, 0.4) is 0 Å². The average Bonchev–Trinajstić information content (AvgIpc) is 3.26. The lowest BCUT2D eigenvalue weighted by atomic mass is 10.00. The summed E-state index contributed by atoms with van der Waals surface area (Å²) < 4.78 is 11.4. The minimum absolute atomic E-state index is 0.408. The van der Waals surface area contributed by atoms with Crippen LogP contribution in [0.15, 0.2) is 75.1 Å². The average molecular weight is 408 g/mol. The first kappa shape index (κ1) is 19.1. The molecule has 1 unspecified atom stereocenters. The van der Waals surface area contributed by atoms with Crippen molar-refractivity contribution in [2.24, 2.45) is 0 Å². The van der Waals surface area contributed by atoms with Crippen LogP contribution in [0.2, 0.25) is 0 Å². The molecule has 29 heavy (non-hydrogen) atoms. The second kappa shape index (κ2) is 7.67. The van der Waals surface area contributed by atoms with Crippen molar-refractivity contribution < 1.29 is 18.7 Å². The number of carbonyl (C=O) groups excluding carboxylic acids is 2. The van der Waals surface area contributed by atoms with Gasteiger partial charge in [-0.15, -0.1) is 0 Å². The molecule has 1 aromatic heterocycles. The lowest BCUT2D eigenvalue weighted by Crippen LogP contribution is -2.40. The van der Waals surface area contributed by atoms with Gasteiger partial charge in [0.15, 0.2) is 11.3 Å². The van der Waals surface area contributed by atoms with Crippen LogP contribution in [-0.4, -0.2) is 11.9 Å². The second-order valence-corrected chi connectivity index (χ2v) is 8.11. The van der Waals surface area contributed by atoms with Gasteiger partial charge in [0.1, 0.15) is 12.4 Å². The van der Waals surface area contributed by atoms with Gasteiger partial charge in [0, 0.05) is 4.90 Å². The Morgan fingerprint density at radius 3 is 2.59 bits per heavy atom. The molecule has 2 N–H and O–H groups in total. The van der Waals surface area contributed by atoms with E-state index in [1.807, 2.05) is 36.4 Å². The van der Waals surface area contributed by atoms with Gasteiger partial charge in [-0.25, -0.2) is 4.79 Å². The van der Waals surface area contributed by atoms with Crippen LogP contribution in [0.1, 0.15) is 23.8 Å². The maximum absolute atomic E-state index is 12.2. The zero-order chi connectivity index (χ0) is 20.4. The van der Waals surface area contributed by atoms with E-state index in [4.69, 9.17) is 9.15 Å². The topological polar surface area (TPSA) is 80.6 Å². The van der Waals surface area contributed by atoms with Crippen molar-refractivity contribution >= 4 is 23.7 Å². The number of hydrogen-bond donors (Lipinski definition) is 2. The number of aryl methyl sites for hydroxylation is 1. The van der Waals surface area contributed by atoms with E-state index < -0.39 is 17.5 Å². The van der Waals surface area contributed by atoms with Gasteiger partial charge in [0.2, 0.25) is 0 Å². The van der Waals surface area contributed by atoms with Gasteiger partial charge in [-0.2, -0.15) is 0 Å². The molecule has 148 valence electrons.